The van der Waals surface area contributed by atoms with Crippen molar-refractivity contribution in [2.24, 2.45) is 0 Å². The fourth-order valence-corrected chi connectivity index (χ4v) is 15.4. The number of hydrogen-bond acceptors (Lipinski definition) is 17. The molecule has 16 aromatic rings. The van der Waals surface area contributed by atoms with Crippen LogP contribution in [0.15, 0.2) is 369 Å². The Morgan fingerprint density at radius 1 is 0.278 bits per heavy atom. The quantitative estimate of drug-likeness (QED) is 0.0566. The van der Waals surface area contributed by atoms with E-state index < -0.39 is 26.1 Å². The molecule has 12 N–H and O–H groups in total. The summed E-state index contributed by atoms with van der Waals surface area (Å²) in [4.78, 5) is 3.53. The summed E-state index contributed by atoms with van der Waals surface area (Å²) in [6.07, 6.45) is 0. The van der Waals surface area contributed by atoms with Gasteiger partial charge in [-0.05, 0) is 308 Å². The Kier molecular flexibility index (Phi) is 22.7. The third-order valence-corrected chi connectivity index (χ3v) is 21.5. The summed E-state index contributed by atoms with van der Waals surface area (Å²) >= 11 is 1.58. The minimum Gasteiger partial charge on any atom is -0.508 e. The van der Waals surface area contributed by atoms with Crippen LogP contribution in [0.4, 0.5) is 0 Å². The van der Waals surface area contributed by atoms with Crippen LogP contribution >= 0.6 is 11.8 Å². The topological polar surface area (TPSA) is 303 Å². The van der Waals surface area contributed by atoms with Crippen molar-refractivity contribution in [3.05, 3.63) is 362 Å². The summed E-state index contributed by atoms with van der Waals surface area (Å²) in [5, 5.41) is 118. The maximum atomic E-state index is 12.1. The summed E-state index contributed by atoms with van der Waals surface area (Å²) < 4.78 is 41.7. The van der Waals surface area contributed by atoms with Gasteiger partial charge < -0.3 is 66.0 Å². The van der Waals surface area contributed by atoms with Gasteiger partial charge in [0.25, 0.3) is 0 Å². The van der Waals surface area contributed by atoms with Gasteiger partial charge in [-0.2, -0.15) is 0 Å². The van der Waals surface area contributed by atoms with Crippen molar-refractivity contribution < 1.29 is 78.6 Å². The van der Waals surface area contributed by atoms with Crippen LogP contribution in [-0.4, -0.2) is 73.9 Å². The molecule has 0 bridgehead atoms. The van der Waals surface area contributed by atoms with E-state index in [1.54, 1.807) is 157 Å². The van der Waals surface area contributed by atoms with Gasteiger partial charge in [-0.1, -0.05) is 109 Å². The van der Waals surface area contributed by atoms with E-state index in [-0.39, 0.29) is 78.8 Å². The molecule has 16 aromatic carbocycles. The van der Waals surface area contributed by atoms with E-state index in [0.29, 0.717) is 21.3 Å². The summed E-state index contributed by atoms with van der Waals surface area (Å²) in [6, 6.07) is 96.7. The van der Waals surface area contributed by atoms with E-state index in [4.69, 9.17) is 45.6 Å². The van der Waals surface area contributed by atoms with E-state index in [2.05, 4.69) is 48.5 Å². The van der Waals surface area contributed by atoms with Crippen molar-refractivity contribution in [1.29, 1.82) is 0 Å². The molecule has 0 atom stereocenters. The Labute approximate surface area is 627 Å². The maximum Gasteiger partial charge on any atom is 0.206 e. The lowest BCUT2D eigenvalue weighted by Gasteiger charge is -2.33. The van der Waals surface area contributed by atoms with Crippen LogP contribution in [0.1, 0.15) is 22.3 Å². The molecule has 0 spiro atoms. The summed E-state index contributed by atoms with van der Waals surface area (Å²) in [5.74, 6) is 3.58. The smallest absolute Gasteiger partial charge is 0.206 e. The standard InChI is InChI=1S/C25H18O2.C16H10O2.C12H10O4S.C12H10O3S.C12H10O3.C12H10O2S/c26-19-13-9-17(10-14-19)25(18-11-15-20(27)16-12-18)23-7-3-1-5-21(23)22-6-2-4-8-24(22)25;17-13-5-9-1-2-10-6-14(18)8-12-4-3-11(7-13)15(9)16(10)12;13-9-1-5-11(6-2-9)17(15,16)12-7-3-10(14)4-8-12;13-9-1-5-11(6-2-9)16(15)12-7-3-10(14)4-8-12;2*13-9-1-5-11(6-2-9)15-12-7-3-10(14)4-8-12/h1-16,26-27H;1-8,17-18H;1-8,13-14H;1-8,13-14H;2*1-8,13-14H. The Bertz CT molecular complexity index is 5350. The maximum absolute atomic E-state index is 12.1. The first-order valence-corrected chi connectivity index (χ1v) is 36.8. The second kappa shape index (κ2) is 33.0. The van der Waals surface area contributed by atoms with Gasteiger partial charge in [0.15, 0.2) is 0 Å². The van der Waals surface area contributed by atoms with Crippen LogP contribution in [0.5, 0.6) is 80.5 Å². The van der Waals surface area contributed by atoms with E-state index >= 15 is 0 Å². The first kappa shape index (κ1) is 74.1. The van der Waals surface area contributed by atoms with E-state index in [1.165, 1.54) is 95.1 Å². The van der Waals surface area contributed by atoms with Gasteiger partial charge in [0.05, 0.1) is 26.0 Å². The van der Waals surface area contributed by atoms with Gasteiger partial charge in [0.1, 0.15) is 80.5 Å². The number of ether oxygens (including phenoxy) is 1. The van der Waals surface area contributed by atoms with Gasteiger partial charge in [-0.15, -0.1) is 0 Å². The lowest BCUT2D eigenvalue weighted by molar-refractivity contribution is 0.459. The fraction of sp³-hybridized carbons (Fsp3) is 0.0112. The molecule has 0 aliphatic heterocycles. The summed E-state index contributed by atoms with van der Waals surface area (Å²) in [5.41, 5.74) is 6.54. The molecule has 0 aromatic heterocycles. The molecule has 538 valence electrons. The Morgan fingerprint density at radius 2 is 0.528 bits per heavy atom. The zero-order valence-corrected chi connectivity index (χ0v) is 59.5. The Balaban J connectivity index is 0.000000123. The van der Waals surface area contributed by atoms with Crippen molar-refractivity contribution in [2.75, 3.05) is 0 Å². The third kappa shape index (κ3) is 17.4. The van der Waals surface area contributed by atoms with E-state index in [0.717, 1.165) is 53.2 Å². The number of hydrogen-bond donors (Lipinski definition) is 12. The van der Waals surface area contributed by atoms with Gasteiger partial charge in [0.2, 0.25) is 9.84 Å². The van der Waals surface area contributed by atoms with Crippen LogP contribution in [-0.2, 0) is 26.1 Å². The van der Waals surface area contributed by atoms with Crippen molar-refractivity contribution in [3.63, 3.8) is 0 Å². The van der Waals surface area contributed by atoms with E-state index in [1.807, 2.05) is 72.8 Å². The van der Waals surface area contributed by atoms with Crippen molar-refractivity contribution in [2.45, 2.75) is 34.8 Å². The summed E-state index contributed by atoms with van der Waals surface area (Å²) in [7, 11) is -4.88. The molecule has 19 heteroatoms. The third-order valence-electron chi connectivity index (χ3n) is 17.3. The van der Waals surface area contributed by atoms with Crippen LogP contribution in [0.2, 0.25) is 0 Å². The van der Waals surface area contributed by atoms with Crippen LogP contribution in [0.3, 0.4) is 0 Å². The molecule has 1 aliphatic carbocycles. The lowest BCUT2D eigenvalue weighted by Crippen LogP contribution is -2.28. The highest BCUT2D eigenvalue weighted by atomic mass is 32.2. The minimum absolute atomic E-state index is 0.00894. The molecule has 108 heavy (non-hydrogen) atoms. The average molecular weight is 1490 g/mol. The van der Waals surface area contributed by atoms with Crippen LogP contribution < -0.4 is 4.74 Å². The molecule has 16 nitrogen and oxygen atoms in total. The van der Waals surface area contributed by atoms with Gasteiger partial charge >= 0.3 is 0 Å². The fourth-order valence-electron chi connectivity index (χ4n) is 12.2. The molecule has 17 rings (SSSR count). The number of aromatic hydroxyl groups is 12. The number of rotatable bonds is 10. The van der Waals surface area contributed by atoms with Gasteiger partial charge in [-0.25, -0.2) is 12.6 Å². The first-order chi connectivity index (χ1) is 52.1. The highest BCUT2D eigenvalue weighted by molar-refractivity contribution is 7.99. The molecular weight excluding hydrogens is 1420 g/mol. The first-order valence-electron chi connectivity index (χ1n) is 33.3. The molecule has 0 heterocycles. The molecule has 0 saturated heterocycles. The number of phenolic OH excluding ortho intramolecular Hbond substituents is 12. The van der Waals surface area contributed by atoms with Crippen molar-refractivity contribution in [3.8, 4) is 91.6 Å². The zero-order valence-electron chi connectivity index (χ0n) is 57.1. The number of phenols is 12. The molecule has 0 fully saturated rings. The predicted molar refractivity (Wildman–Crippen MR) is 420 cm³/mol. The van der Waals surface area contributed by atoms with E-state index in [9.17, 15) is 33.1 Å². The molecule has 0 saturated carbocycles. The van der Waals surface area contributed by atoms with Crippen LogP contribution in [0, 0.1) is 0 Å². The lowest BCUT2D eigenvalue weighted by atomic mass is 9.68. The second-order valence-electron chi connectivity index (χ2n) is 24.5. The van der Waals surface area contributed by atoms with Crippen molar-refractivity contribution >= 4 is 64.7 Å². The highest BCUT2D eigenvalue weighted by Gasteiger charge is 2.46. The molecular formula is C89H68O16S3. The largest absolute Gasteiger partial charge is 0.508 e. The van der Waals surface area contributed by atoms with Crippen LogP contribution in [0.25, 0.3) is 43.4 Å². The molecule has 0 unspecified atom stereocenters. The normalized spacial score (nSPS) is 11.5. The molecule has 0 radical (unpaired) electrons. The zero-order chi connectivity index (χ0) is 76.1. The Morgan fingerprint density at radius 3 is 0.824 bits per heavy atom. The molecule has 0 amide bonds. The highest BCUT2D eigenvalue weighted by Crippen LogP contribution is 2.56. The van der Waals surface area contributed by atoms with Gasteiger partial charge in [-0.3, -0.25) is 0 Å². The van der Waals surface area contributed by atoms with Crippen molar-refractivity contribution in [1.82, 2.24) is 0 Å². The number of benzene rings is 16. The summed E-state index contributed by atoms with van der Waals surface area (Å²) in [6.45, 7) is 0. The minimum atomic E-state index is -3.59. The Hall–Kier alpha value is -13.6. The number of sulfone groups is 1. The predicted octanol–water partition coefficient (Wildman–Crippen LogP) is 19.8. The monoisotopic (exact) mass is 1490 g/mol. The second-order valence-corrected chi connectivity index (χ2v) is 29.1. The SMILES string of the molecule is O=S(=O)(c1ccc(O)cc1)c1ccc(O)cc1.O=S(c1ccc(O)cc1)c1ccc(O)cc1.Oc1cc2ccc3cc(O)cc4ccc(c1)c2c34.Oc1ccc(C2(c3ccc(O)cc3)c3ccccc3-c3ccccc32)cc1.Oc1ccc(Oc2ccc(O)cc2)cc1.Oc1ccc(Sc2ccc(O)cc2)cc1. The van der Waals surface area contributed by atoms with Gasteiger partial charge in [0, 0.05) is 19.6 Å². The average Bonchev–Trinajstić information content (AvgIpc) is 1.56. The molecule has 1 aliphatic rings. The number of fused-ring (bicyclic) bond motifs is 3.